The van der Waals surface area contributed by atoms with E-state index in [0.29, 0.717) is 0 Å². The molecule has 19 heavy (non-hydrogen) atoms. The van der Waals surface area contributed by atoms with E-state index < -0.39 is 0 Å². The lowest BCUT2D eigenvalue weighted by molar-refractivity contribution is 0.103. The molecule has 1 nitrogen and oxygen atoms in total. The van der Waals surface area contributed by atoms with Crippen molar-refractivity contribution in [3.63, 3.8) is 0 Å². The third kappa shape index (κ3) is 2.60. The quantitative estimate of drug-likeness (QED) is 0.739. The van der Waals surface area contributed by atoms with Crippen molar-refractivity contribution in [3.05, 3.63) is 70.3 Å². The smallest absolute Gasteiger partial charge is 0.193 e. The van der Waals surface area contributed by atoms with Crippen LogP contribution in [-0.4, -0.2) is 5.78 Å². The number of hydrogen-bond donors (Lipinski definition) is 0. The fourth-order valence-corrected chi connectivity index (χ4v) is 2.63. The maximum Gasteiger partial charge on any atom is 0.193 e. The van der Waals surface area contributed by atoms with Crippen LogP contribution in [0, 0.1) is 6.92 Å². The molecule has 98 valence electrons. The van der Waals surface area contributed by atoms with Gasteiger partial charge < -0.3 is 0 Å². The molecule has 0 unspecified atom stereocenters. The Balaban J connectivity index is 2.49. The van der Waals surface area contributed by atoms with E-state index >= 15 is 0 Å². The van der Waals surface area contributed by atoms with E-state index in [1.54, 1.807) is 0 Å². The van der Waals surface area contributed by atoms with Gasteiger partial charge in [-0.25, -0.2) is 0 Å². The Morgan fingerprint density at radius 2 is 1.63 bits per heavy atom. The Morgan fingerprint density at radius 1 is 0.947 bits per heavy atom. The number of rotatable bonds is 4. The molecule has 0 heterocycles. The molecule has 0 atom stereocenters. The van der Waals surface area contributed by atoms with Gasteiger partial charge in [0.1, 0.15) is 0 Å². The maximum atomic E-state index is 12.5. The Bertz CT molecular complexity index is 582. The van der Waals surface area contributed by atoms with E-state index in [9.17, 15) is 4.79 Å². The third-order valence-corrected chi connectivity index (χ3v) is 3.71. The fraction of sp³-hybridized carbons (Fsp3) is 0.278. The van der Waals surface area contributed by atoms with Crippen LogP contribution in [0.15, 0.2) is 42.5 Å². The summed E-state index contributed by atoms with van der Waals surface area (Å²) in [5, 5.41) is 0. The molecule has 2 aromatic carbocycles. The van der Waals surface area contributed by atoms with Crippen molar-refractivity contribution in [3.8, 4) is 0 Å². The molecule has 0 bridgehead atoms. The molecule has 2 rings (SSSR count). The van der Waals surface area contributed by atoms with Crippen LogP contribution in [0.25, 0.3) is 0 Å². The maximum absolute atomic E-state index is 12.5. The summed E-state index contributed by atoms with van der Waals surface area (Å²) in [5.74, 6) is 0.121. The molecule has 0 N–H and O–H groups in total. The topological polar surface area (TPSA) is 17.1 Å². The van der Waals surface area contributed by atoms with Crippen LogP contribution in [0.1, 0.15) is 46.5 Å². The minimum absolute atomic E-state index is 0.121. The van der Waals surface area contributed by atoms with Crippen LogP contribution in [0.5, 0.6) is 0 Å². The molecule has 0 saturated heterocycles. The number of hydrogen-bond acceptors (Lipinski definition) is 1. The Kier molecular flexibility index (Phi) is 4.16. The Labute approximate surface area is 115 Å². The first-order valence-corrected chi connectivity index (χ1v) is 6.90. The normalized spacial score (nSPS) is 10.5. The van der Waals surface area contributed by atoms with Crippen LogP contribution in [0.2, 0.25) is 0 Å². The zero-order chi connectivity index (χ0) is 13.8. The molecule has 2 aromatic rings. The van der Waals surface area contributed by atoms with E-state index in [1.807, 2.05) is 36.4 Å². The number of aryl methyl sites for hydroxylation is 1. The number of benzene rings is 2. The van der Waals surface area contributed by atoms with Crippen molar-refractivity contribution in [2.45, 2.75) is 33.6 Å². The second-order valence-corrected chi connectivity index (χ2v) is 4.78. The number of carbonyl (C=O) groups is 1. The van der Waals surface area contributed by atoms with Gasteiger partial charge in [-0.1, -0.05) is 56.3 Å². The van der Waals surface area contributed by atoms with Gasteiger partial charge in [0.25, 0.3) is 0 Å². The first-order valence-electron chi connectivity index (χ1n) is 6.90. The number of ketones is 1. The molecular formula is C18H20O. The third-order valence-electron chi connectivity index (χ3n) is 3.71. The van der Waals surface area contributed by atoms with Gasteiger partial charge in [0, 0.05) is 11.1 Å². The van der Waals surface area contributed by atoms with Gasteiger partial charge in [-0.05, 0) is 36.5 Å². The van der Waals surface area contributed by atoms with Crippen molar-refractivity contribution in [1.29, 1.82) is 0 Å². The minimum atomic E-state index is 0.121. The minimum Gasteiger partial charge on any atom is -0.289 e. The van der Waals surface area contributed by atoms with Crippen LogP contribution >= 0.6 is 0 Å². The molecule has 0 spiro atoms. The standard InChI is InChI=1S/C18H20O/c1-4-14-11-12-17(13(3)16(14)5-2)18(19)15-9-7-6-8-10-15/h6-12H,4-5H2,1-3H3. The van der Waals surface area contributed by atoms with E-state index in [-0.39, 0.29) is 5.78 Å². The molecule has 0 aliphatic heterocycles. The van der Waals surface area contributed by atoms with Gasteiger partial charge in [-0.3, -0.25) is 4.79 Å². The summed E-state index contributed by atoms with van der Waals surface area (Å²) in [4.78, 5) is 12.5. The highest BCUT2D eigenvalue weighted by molar-refractivity contribution is 6.10. The second-order valence-electron chi connectivity index (χ2n) is 4.78. The van der Waals surface area contributed by atoms with Gasteiger partial charge in [0.05, 0.1) is 0 Å². The van der Waals surface area contributed by atoms with Crippen LogP contribution < -0.4 is 0 Å². The molecule has 0 saturated carbocycles. The van der Waals surface area contributed by atoms with E-state index in [0.717, 1.165) is 29.5 Å². The van der Waals surface area contributed by atoms with Crippen molar-refractivity contribution in [2.75, 3.05) is 0 Å². The van der Waals surface area contributed by atoms with Gasteiger partial charge in [0.2, 0.25) is 0 Å². The summed E-state index contributed by atoms with van der Waals surface area (Å²) < 4.78 is 0. The molecule has 0 fully saturated rings. The van der Waals surface area contributed by atoms with Crippen LogP contribution in [0.3, 0.4) is 0 Å². The highest BCUT2D eigenvalue weighted by Crippen LogP contribution is 2.22. The first kappa shape index (κ1) is 13.5. The summed E-state index contributed by atoms with van der Waals surface area (Å²) in [6, 6.07) is 13.6. The Hall–Kier alpha value is -1.89. The molecule has 0 aromatic heterocycles. The van der Waals surface area contributed by atoms with E-state index in [1.165, 1.54) is 11.1 Å². The monoisotopic (exact) mass is 252 g/mol. The lowest BCUT2D eigenvalue weighted by Gasteiger charge is -2.13. The summed E-state index contributed by atoms with van der Waals surface area (Å²) >= 11 is 0. The largest absolute Gasteiger partial charge is 0.289 e. The predicted octanol–water partition coefficient (Wildman–Crippen LogP) is 4.35. The average Bonchev–Trinajstić information content (AvgIpc) is 2.47. The van der Waals surface area contributed by atoms with Crippen molar-refractivity contribution in [1.82, 2.24) is 0 Å². The lowest BCUT2D eigenvalue weighted by Crippen LogP contribution is -2.07. The van der Waals surface area contributed by atoms with Crippen molar-refractivity contribution >= 4 is 5.78 Å². The van der Waals surface area contributed by atoms with Gasteiger partial charge >= 0.3 is 0 Å². The zero-order valence-corrected chi connectivity index (χ0v) is 11.9. The van der Waals surface area contributed by atoms with E-state index in [4.69, 9.17) is 0 Å². The average molecular weight is 252 g/mol. The highest BCUT2D eigenvalue weighted by Gasteiger charge is 2.14. The van der Waals surface area contributed by atoms with E-state index in [2.05, 4.69) is 26.8 Å². The molecular weight excluding hydrogens is 232 g/mol. The molecule has 1 heteroatoms. The first-order chi connectivity index (χ1) is 9.19. The summed E-state index contributed by atoms with van der Waals surface area (Å²) in [6.07, 6.45) is 1.99. The summed E-state index contributed by atoms with van der Waals surface area (Å²) in [6.45, 7) is 6.37. The molecule has 0 radical (unpaired) electrons. The SMILES string of the molecule is CCc1ccc(C(=O)c2ccccc2)c(C)c1CC. The van der Waals surface area contributed by atoms with Crippen LogP contribution in [-0.2, 0) is 12.8 Å². The second kappa shape index (κ2) is 5.83. The zero-order valence-electron chi connectivity index (χ0n) is 11.9. The predicted molar refractivity (Wildman–Crippen MR) is 79.8 cm³/mol. The molecule has 0 aliphatic rings. The van der Waals surface area contributed by atoms with Gasteiger partial charge in [-0.2, -0.15) is 0 Å². The van der Waals surface area contributed by atoms with Crippen LogP contribution in [0.4, 0.5) is 0 Å². The number of carbonyl (C=O) groups excluding carboxylic acids is 1. The molecule has 0 aliphatic carbocycles. The fourth-order valence-electron chi connectivity index (χ4n) is 2.63. The van der Waals surface area contributed by atoms with Crippen molar-refractivity contribution in [2.24, 2.45) is 0 Å². The highest BCUT2D eigenvalue weighted by atomic mass is 16.1. The van der Waals surface area contributed by atoms with Crippen molar-refractivity contribution < 1.29 is 4.79 Å². The lowest BCUT2D eigenvalue weighted by atomic mass is 9.90. The Morgan fingerprint density at radius 3 is 2.21 bits per heavy atom. The summed E-state index contributed by atoms with van der Waals surface area (Å²) in [5.41, 5.74) is 5.40. The molecule has 0 amide bonds. The van der Waals surface area contributed by atoms with Gasteiger partial charge in [-0.15, -0.1) is 0 Å². The summed E-state index contributed by atoms with van der Waals surface area (Å²) in [7, 11) is 0. The van der Waals surface area contributed by atoms with Gasteiger partial charge in [0.15, 0.2) is 5.78 Å².